The van der Waals surface area contributed by atoms with Gasteiger partial charge in [-0.3, -0.25) is 0 Å². The van der Waals surface area contributed by atoms with Crippen molar-refractivity contribution in [2.24, 2.45) is 0 Å². The van der Waals surface area contributed by atoms with Crippen LogP contribution in [0.25, 0.3) is 64.5 Å². The summed E-state index contributed by atoms with van der Waals surface area (Å²) in [6.07, 6.45) is 15.4. The predicted molar refractivity (Wildman–Crippen MR) is 225 cm³/mol. The summed E-state index contributed by atoms with van der Waals surface area (Å²) < 4.78 is 9.69. The summed E-state index contributed by atoms with van der Waals surface area (Å²) in [5.74, 6) is 0. The monoisotopic (exact) mass is 689 g/mol. The molecule has 3 heteroatoms. The Bertz CT molecular complexity index is 2840. The van der Waals surface area contributed by atoms with E-state index in [-0.39, 0.29) is 11.5 Å². The number of furan rings is 1. The van der Waals surface area contributed by atoms with Crippen LogP contribution in [0.2, 0.25) is 0 Å². The van der Waals surface area contributed by atoms with Crippen LogP contribution in [0.4, 0.5) is 11.4 Å². The maximum Gasteiger partial charge on any atom is 0.144 e. The molecule has 1 unspecified atom stereocenters. The standard InChI is InChI=1S/C49H39NOS/c1-4-5-6-8-18-31-19-15-29-40-42(31)43-34-23-11-12-24-35(34)46-44(47(43)51-40)37-26-17-27-38(45(37)49(46,2)3)50(32-20-9-7-10-21-32)39-28-16-25-36-33-22-13-14-30-41(33)52-48(36)39/h5-26,28-30,38H,4,27H2,1-3H3/b6-5-,18-8+. The lowest BCUT2D eigenvalue weighted by molar-refractivity contribution is 0.566. The van der Waals surface area contributed by atoms with Gasteiger partial charge in [-0.1, -0.05) is 142 Å². The molecule has 0 amide bonds. The first-order valence-corrected chi connectivity index (χ1v) is 19.3. The molecule has 2 nitrogen and oxygen atoms in total. The summed E-state index contributed by atoms with van der Waals surface area (Å²) >= 11 is 1.90. The van der Waals surface area contributed by atoms with Crippen LogP contribution in [0.3, 0.4) is 0 Å². The zero-order valence-corrected chi connectivity index (χ0v) is 30.5. The van der Waals surface area contributed by atoms with Gasteiger partial charge in [-0.25, -0.2) is 0 Å². The molecule has 2 aromatic heterocycles. The Morgan fingerprint density at radius 2 is 1.52 bits per heavy atom. The minimum Gasteiger partial charge on any atom is -0.455 e. The van der Waals surface area contributed by atoms with E-state index in [1.807, 2.05) is 11.3 Å². The zero-order valence-electron chi connectivity index (χ0n) is 29.7. The summed E-state index contributed by atoms with van der Waals surface area (Å²) in [5.41, 5.74) is 10.7. The molecule has 2 aliphatic rings. The molecule has 0 bridgehead atoms. The topological polar surface area (TPSA) is 16.4 Å². The molecule has 0 fully saturated rings. The SMILES string of the molecule is CC/C=C\C=C\c1cccc2oc3c4c(c5ccccc5c3c12)C(C)(C)C1=C4C=CCC1N(c1ccccc1)c1cccc2c1sc1ccccc12. The number of anilines is 2. The van der Waals surface area contributed by atoms with Crippen LogP contribution < -0.4 is 4.90 Å². The van der Waals surface area contributed by atoms with Crippen LogP contribution >= 0.6 is 11.3 Å². The first kappa shape index (κ1) is 31.1. The molecular formula is C49H39NOS. The first-order valence-electron chi connectivity index (χ1n) is 18.5. The van der Waals surface area contributed by atoms with Gasteiger partial charge in [0.15, 0.2) is 0 Å². The van der Waals surface area contributed by atoms with Crippen molar-refractivity contribution in [1.82, 2.24) is 0 Å². The van der Waals surface area contributed by atoms with Crippen molar-refractivity contribution < 1.29 is 4.42 Å². The van der Waals surface area contributed by atoms with Crippen molar-refractivity contribution in [1.29, 1.82) is 0 Å². The summed E-state index contributed by atoms with van der Waals surface area (Å²) in [4.78, 5) is 2.63. The molecule has 0 spiro atoms. The van der Waals surface area contributed by atoms with Crippen LogP contribution in [0.1, 0.15) is 50.3 Å². The third-order valence-electron chi connectivity index (χ3n) is 11.3. The van der Waals surface area contributed by atoms with Gasteiger partial charge < -0.3 is 9.32 Å². The van der Waals surface area contributed by atoms with E-state index < -0.39 is 0 Å². The molecule has 2 aliphatic carbocycles. The van der Waals surface area contributed by atoms with E-state index in [0.29, 0.717) is 0 Å². The number of rotatable bonds is 6. The summed E-state index contributed by atoms with van der Waals surface area (Å²) in [6, 6.07) is 42.3. The van der Waals surface area contributed by atoms with Crippen LogP contribution in [-0.2, 0) is 5.41 Å². The van der Waals surface area contributed by atoms with Gasteiger partial charge in [0.2, 0.25) is 0 Å². The summed E-state index contributed by atoms with van der Waals surface area (Å²) in [5, 5.41) is 7.59. The average Bonchev–Trinajstić information content (AvgIpc) is 3.83. The van der Waals surface area contributed by atoms with Gasteiger partial charge in [0.05, 0.1) is 16.4 Å². The van der Waals surface area contributed by atoms with E-state index in [2.05, 4.69) is 177 Å². The normalized spacial score (nSPS) is 16.8. The average molecular weight is 690 g/mol. The fraction of sp³-hybridized carbons (Fsp3) is 0.143. The second-order valence-electron chi connectivity index (χ2n) is 14.6. The lowest BCUT2D eigenvalue weighted by Crippen LogP contribution is -2.39. The van der Waals surface area contributed by atoms with Gasteiger partial charge in [-0.2, -0.15) is 0 Å². The van der Waals surface area contributed by atoms with E-state index in [0.717, 1.165) is 24.0 Å². The van der Waals surface area contributed by atoms with Crippen molar-refractivity contribution in [2.45, 2.75) is 45.1 Å². The molecule has 10 rings (SSSR count). The van der Waals surface area contributed by atoms with Crippen LogP contribution in [0.5, 0.6) is 0 Å². The molecule has 252 valence electrons. The van der Waals surface area contributed by atoms with Crippen molar-refractivity contribution in [3.8, 4) is 0 Å². The highest BCUT2D eigenvalue weighted by atomic mass is 32.1. The number of thiophene rings is 1. The molecule has 0 aliphatic heterocycles. The van der Waals surface area contributed by atoms with Crippen molar-refractivity contribution in [3.63, 3.8) is 0 Å². The Balaban J connectivity index is 1.26. The van der Waals surface area contributed by atoms with Gasteiger partial charge in [0, 0.05) is 42.9 Å². The van der Waals surface area contributed by atoms with E-state index in [1.165, 1.54) is 80.9 Å². The Kier molecular flexibility index (Phi) is 7.16. The first-order chi connectivity index (χ1) is 25.6. The zero-order chi connectivity index (χ0) is 35.0. The lowest BCUT2D eigenvalue weighted by atomic mass is 9.74. The Hall–Kier alpha value is -5.64. The van der Waals surface area contributed by atoms with Gasteiger partial charge in [-0.05, 0) is 76.2 Å². The van der Waals surface area contributed by atoms with E-state index in [4.69, 9.17) is 4.42 Å². The second kappa shape index (κ2) is 12.0. The largest absolute Gasteiger partial charge is 0.455 e. The highest BCUT2D eigenvalue weighted by molar-refractivity contribution is 7.26. The Morgan fingerprint density at radius 1 is 0.769 bits per heavy atom. The smallest absolute Gasteiger partial charge is 0.144 e. The van der Waals surface area contributed by atoms with Gasteiger partial charge in [-0.15, -0.1) is 11.3 Å². The lowest BCUT2D eigenvalue weighted by Gasteiger charge is -2.41. The van der Waals surface area contributed by atoms with Crippen molar-refractivity contribution in [2.75, 3.05) is 4.90 Å². The molecule has 1 atom stereocenters. The predicted octanol–water partition coefficient (Wildman–Crippen LogP) is 14.3. The molecule has 52 heavy (non-hydrogen) atoms. The molecular weight excluding hydrogens is 651 g/mol. The number of nitrogens with zero attached hydrogens (tertiary/aromatic N) is 1. The van der Waals surface area contributed by atoms with Crippen LogP contribution in [0, 0.1) is 0 Å². The second-order valence-corrected chi connectivity index (χ2v) is 15.6. The minimum absolute atomic E-state index is 0.0997. The third-order valence-corrected chi connectivity index (χ3v) is 12.5. The van der Waals surface area contributed by atoms with Gasteiger partial charge >= 0.3 is 0 Å². The van der Waals surface area contributed by atoms with Crippen molar-refractivity contribution in [3.05, 3.63) is 168 Å². The Morgan fingerprint density at radius 3 is 2.37 bits per heavy atom. The number of hydrogen-bond donors (Lipinski definition) is 0. The quantitative estimate of drug-likeness (QED) is 0.162. The van der Waals surface area contributed by atoms with Gasteiger partial charge in [0.1, 0.15) is 11.2 Å². The molecule has 2 heterocycles. The maximum absolute atomic E-state index is 7.04. The van der Waals surface area contributed by atoms with Crippen molar-refractivity contribution >= 4 is 87.2 Å². The van der Waals surface area contributed by atoms with Gasteiger partial charge in [0.25, 0.3) is 0 Å². The third kappa shape index (κ3) is 4.49. The fourth-order valence-corrected chi connectivity index (χ4v) is 10.4. The van der Waals surface area contributed by atoms with E-state index in [9.17, 15) is 0 Å². The molecule has 0 N–H and O–H groups in total. The maximum atomic E-state index is 7.04. The molecule has 0 radical (unpaired) electrons. The molecule has 8 aromatic rings. The number of benzene rings is 6. The van der Waals surface area contributed by atoms with Crippen LogP contribution in [-0.4, -0.2) is 6.04 Å². The van der Waals surface area contributed by atoms with Crippen LogP contribution in [0.15, 0.2) is 156 Å². The minimum atomic E-state index is -0.262. The summed E-state index contributed by atoms with van der Waals surface area (Å²) in [6.45, 7) is 7.05. The molecule has 0 saturated carbocycles. The highest BCUT2D eigenvalue weighted by Gasteiger charge is 2.46. The van der Waals surface area contributed by atoms with E-state index in [1.54, 1.807) is 0 Å². The summed E-state index contributed by atoms with van der Waals surface area (Å²) in [7, 11) is 0. The number of fused-ring (bicyclic) bond motifs is 12. The molecule has 6 aromatic carbocycles. The van der Waals surface area contributed by atoms with E-state index >= 15 is 0 Å². The number of para-hydroxylation sites is 1. The Labute approximate surface area is 308 Å². The fourth-order valence-electron chi connectivity index (χ4n) is 9.23. The highest BCUT2D eigenvalue weighted by Crippen LogP contribution is 2.58. The molecule has 0 saturated heterocycles. The number of allylic oxidation sites excluding steroid dienone is 5. The number of hydrogen-bond acceptors (Lipinski definition) is 3.